The fraction of sp³-hybridized carbons (Fsp3) is 0.818. The molecule has 3 N–H and O–H groups in total. The van der Waals surface area contributed by atoms with Crippen molar-refractivity contribution in [1.29, 1.82) is 0 Å². The van der Waals surface area contributed by atoms with Crippen LogP contribution >= 0.6 is 0 Å². The Labute approximate surface area is 193 Å². The molecular formula is C22H26O12. The van der Waals surface area contributed by atoms with Crippen molar-refractivity contribution in [3.63, 3.8) is 0 Å². The van der Waals surface area contributed by atoms with Crippen LogP contribution in [-0.2, 0) is 42.9 Å². The number of hydrogen-bond acceptors (Lipinski definition) is 12. The molecule has 0 aromatic heterocycles. The minimum Gasteiger partial charge on any atom is -0.456 e. The van der Waals surface area contributed by atoms with Gasteiger partial charge in [0.05, 0.1) is 17.4 Å². The van der Waals surface area contributed by atoms with E-state index in [9.17, 15) is 34.5 Å². The minimum absolute atomic E-state index is 0.836. The van der Waals surface area contributed by atoms with E-state index in [-0.39, 0.29) is 0 Å². The van der Waals surface area contributed by atoms with Gasteiger partial charge in [0, 0.05) is 12.8 Å². The summed E-state index contributed by atoms with van der Waals surface area (Å²) in [6.45, 7) is 7.70. The van der Waals surface area contributed by atoms with Gasteiger partial charge in [0.1, 0.15) is 17.6 Å². The third kappa shape index (κ3) is 1.71. The molecule has 4 heterocycles. The molecule has 12 nitrogen and oxygen atoms in total. The van der Waals surface area contributed by atoms with E-state index in [2.05, 4.69) is 0 Å². The zero-order valence-electron chi connectivity index (χ0n) is 19.1. The van der Waals surface area contributed by atoms with Gasteiger partial charge in [-0.1, -0.05) is 20.8 Å². The van der Waals surface area contributed by atoms with Crippen LogP contribution in [0, 0.1) is 28.1 Å². The highest BCUT2D eigenvalue weighted by atomic mass is 16.8. The lowest BCUT2D eigenvalue weighted by Gasteiger charge is -2.47. The van der Waals surface area contributed by atoms with Crippen LogP contribution in [-0.4, -0.2) is 87.2 Å². The first-order valence-electron chi connectivity index (χ1n) is 11.2. The highest BCUT2D eigenvalue weighted by molar-refractivity contribution is 5.94. The number of ether oxygens (including phenoxy) is 5. The SMILES string of the molecule is CC(=O)O[C@H]1C(=O)O[C@H]2O[C@]34C(=O)OC5[C@H](O)C(C(C)(C)C)C21C53[C@@H](O)[C@@H]1OC(=O)[C@@H](C)[C@@]14O. The average Bonchev–Trinajstić information content (AvgIpc) is 3.40. The minimum atomic E-state index is -2.44. The average molecular weight is 482 g/mol. The van der Waals surface area contributed by atoms with E-state index in [0.717, 1.165) is 6.92 Å². The first kappa shape index (κ1) is 22.2. The molecule has 4 aliphatic heterocycles. The van der Waals surface area contributed by atoms with Crippen LogP contribution in [0.5, 0.6) is 0 Å². The van der Waals surface area contributed by atoms with E-state index in [1.165, 1.54) is 6.92 Å². The molecule has 0 bridgehead atoms. The molecule has 2 saturated carbocycles. The summed E-state index contributed by atoms with van der Waals surface area (Å²) in [4.78, 5) is 51.3. The van der Waals surface area contributed by atoms with Gasteiger partial charge in [0.15, 0.2) is 11.7 Å². The first-order chi connectivity index (χ1) is 15.7. The Morgan fingerprint density at radius 1 is 1.03 bits per heavy atom. The lowest BCUT2D eigenvalue weighted by molar-refractivity contribution is -0.240. The largest absolute Gasteiger partial charge is 0.456 e. The summed E-state index contributed by atoms with van der Waals surface area (Å²) in [6, 6.07) is 0. The summed E-state index contributed by atoms with van der Waals surface area (Å²) in [5.41, 5.74) is -9.58. The van der Waals surface area contributed by atoms with E-state index in [1.807, 2.05) is 0 Å². The summed E-state index contributed by atoms with van der Waals surface area (Å²) in [6.07, 6.45) is -9.68. The summed E-state index contributed by atoms with van der Waals surface area (Å²) in [5.74, 6) is -6.12. The Bertz CT molecular complexity index is 1060. The molecule has 6 fully saturated rings. The maximum atomic E-state index is 13.6. The van der Waals surface area contributed by atoms with Crippen molar-refractivity contribution in [2.75, 3.05) is 0 Å². The predicted octanol–water partition coefficient (Wildman–Crippen LogP) is -1.83. The zero-order valence-corrected chi connectivity index (χ0v) is 19.1. The van der Waals surface area contributed by atoms with Gasteiger partial charge in [-0.25, -0.2) is 9.59 Å². The first-order valence-corrected chi connectivity index (χ1v) is 11.2. The molecule has 12 atom stereocenters. The Morgan fingerprint density at radius 3 is 2.26 bits per heavy atom. The van der Waals surface area contributed by atoms with Gasteiger partial charge in [0.25, 0.3) is 0 Å². The van der Waals surface area contributed by atoms with Crippen LogP contribution in [0.4, 0.5) is 0 Å². The van der Waals surface area contributed by atoms with Crippen molar-refractivity contribution in [3.8, 4) is 0 Å². The Kier molecular flexibility index (Phi) is 3.75. The van der Waals surface area contributed by atoms with E-state index < -0.39 is 100.0 Å². The number of hydrogen-bond donors (Lipinski definition) is 3. The number of carbonyl (C=O) groups is 4. The standard InChI is InChI=1S/C22H26O12/c1-6-14(26)31-12-10(25)20-11-8(24)9(18(3,4)5)19(20)13(30-7(2)23)15(27)33-17(19)34-22(20,16(28)32-11)21(6,12)29/h6,8-13,17,24-25,29H,1-5H3/t6-,8-,9?,10+,11?,12+,13+,17+,19?,20?,21-,22-/m1/s1. The lowest BCUT2D eigenvalue weighted by atomic mass is 9.51. The van der Waals surface area contributed by atoms with Gasteiger partial charge in [0.2, 0.25) is 18.0 Å². The monoisotopic (exact) mass is 482 g/mol. The van der Waals surface area contributed by atoms with E-state index in [4.69, 9.17) is 23.7 Å². The molecule has 6 aliphatic rings. The smallest absolute Gasteiger partial charge is 0.350 e. The zero-order chi connectivity index (χ0) is 25.0. The fourth-order valence-corrected chi connectivity index (χ4v) is 8.55. The molecule has 4 unspecified atom stereocenters. The van der Waals surface area contributed by atoms with Crippen molar-refractivity contribution in [3.05, 3.63) is 0 Å². The van der Waals surface area contributed by atoms with Crippen molar-refractivity contribution < 1.29 is 58.2 Å². The molecule has 2 aliphatic carbocycles. The normalized spacial score (nSPS) is 56.4. The second-order valence-corrected chi connectivity index (χ2v) is 11.4. The topological polar surface area (TPSA) is 175 Å². The molecule has 0 radical (unpaired) electrons. The molecule has 34 heavy (non-hydrogen) atoms. The van der Waals surface area contributed by atoms with Crippen molar-refractivity contribution in [2.24, 2.45) is 28.1 Å². The Morgan fingerprint density at radius 2 is 1.68 bits per heavy atom. The number of carbonyl (C=O) groups excluding carboxylic acids is 4. The summed E-state index contributed by atoms with van der Waals surface area (Å²) >= 11 is 0. The van der Waals surface area contributed by atoms with Crippen LogP contribution in [0.25, 0.3) is 0 Å². The maximum absolute atomic E-state index is 13.6. The van der Waals surface area contributed by atoms with Crippen molar-refractivity contribution in [2.45, 2.75) is 82.6 Å². The summed E-state index contributed by atoms with van der Waals surface area (Å²) < 4.78 is 28.1. The molecule has 0 aromatic rings. The quantitative estimate of drug-likeness (QED) is 0.282. The fourth-order valence-electron chi connectivity index (χ4n) is 8.55. The van der Waals surface area contributed by atoms with Gasteiger partial charge < -0.3 is 39.0 Å². The van der Waals surface area contributed by atoms with Crippen molar-refractivity contribution >= 4 is 23.9 Å². The van der Waals surface area contributed by atoms with Crippen LogP contribution in [0.15, 0.2) is 0 Å². The maximum Gasteiger partial charge on any atom is 0.350 e. The van der Waals surface area contributed by atoms with E-state index >= 15 is 0 Å². The molecule has 2 spiro atoms. The summed E-state index contributed by atoms with van der Waals surface area (Å²) in [5, 5.41) is 35.4. The Hall–Kier alpha value is -2.28. The second kappa shape index (κ2) is 5.75. The number of aliphatic hydroxyl groups excluding tert-OH is 2. The summed E-state index contributed by atoms with van der Waals surface area (Å²) in [7, 11) is 0. The molecule has 0 amide bonds. The third-order valence-corrected chi connectivity index (χ3v) is 9.21. The van der Waals surface area contributed by atoms with Crippen LogP contribution in [0.1, 0.15) is 34.6 Å². The third-order valence-electron chi connectivity index (χ3n) is 9.21. The number of fused-ring (bicyclic) bond motifs is 1. The van der Waals surface area contributed by atoms with Gasteiger partial charge in [-0.3, -0.25) is 9.59 Å². The number of aliphatic hydroxyl groups is 3. The van der Waals surface area contributed by atoms with E-state index in [0.29, 0.717) is 0 Å². The van der Waals surface area contributed by atoms with E-state index in [1.54, 1.807) is 20.8 Å². The molecular weight excluding hydrogens is 456 g/mol. The molecule has 4 saturated heterocycles. The molecule has 12 heteroatoms. The van der Waals surface area contributed by atoms with Crippen molar-refractivity contribution in [1.82, 2.24) is 0 Å². The molecule has 0 aromatic carbocycles. The van der Waals surface area contributed by atoms with Gasteiger partial charge in [-0.15, -0.1) is 0 Å². The number of rotatable bonds is 1. The lowest BCUT2D eigenvalue weighted by Crippen LogP contribution is -2.67. The van der Waals surface area contributed by atoms with Crippen LogP contribution < -0.4 is 0 Å². The highest BCUT2D eigenvalue weighted by Crippen LogP contribution is 2.84. The molecule has 6 rings (SSSR count). The predicted molar refractivity (Wildman–Crippen MR) is 103 cm³/mol. The van der Waals surface area contributed by atoms with Gasteiger partial charge in [-0.05, 0) is 12.3 Å². The van der Waals surface area contributed by atoms with Crippen LogP contribution in [0.2, 0.25) is 0 Å². The van der Waals surface area contributed by atoms with Crippen LogP contribution in [0.3, 0.4) is 0 Å². The highest BCUT2D eigenvalue weighted by Gasteiger charge is 3.05. The van der Waals surface area contributed by atoms with Gasteiger partial charge in [-0.2, -0.15) is 0 Å². The molecule has 186 valence electrons. The Balaban J connectivity index is 1.74. The second-order valence-electron chi connectivity index (χ2n) is 11.4. The number of esters is 4. The van der Waals surface area contributed by atoms with Gasteiger partial charge >= 0.3 is 23.9 Å².